The Morgan fingerprint density at radius 2 is 1.81 bits per heavy atom. The van der Waals surface area contributed by atoms with Crippen LogP contribution in [-0.2, 0) is 16.6 Å². The number of rotatable bonds is 4. The first kappa shape index (κ1) is 16.3. The number of sulfonamides is 1. The van der Waals surface area contributed by atoms with Crippen LogP contribution < -0.4 is 5.73 Å². The molecule has 7 heteroatoms. The Hall–Kier alpha value is -1.08. The lowest BCUT2D eigenvalue weighted by atomic mass is 10.2. The Kier molecular flexibility index (Phi) is 4.93. The maximum Gasteiger partial charge on any atom is 0.244 e. The van der Waals surface area contributed by atoms with Gasteiger partial charge in [0, 0.05) is 23.8 Å². The van der Waals surface area contributed by atoms with Crippen molar-refractivity contribution in [1.29, 1.82) is 0 Å². The van der Waals surface area contributed by atoms with E-state index in [1.54, 1.807) is 36.4 Å². The van der Waals surface area contributed by atoms with E-state index in [-0.39, 0.29) is 16.5 Å². The lowest BCUT2D eigenvalue weighted by Crippen LogP contribution is -2.26. The van der Waals surface area contributed by atoms with Gasteiger partial charge in [0.1, 0.15) is 4.90 Å². The number of benzene rings is 2. The van der Waals surface area contributed by atoms with Gasteiger partial charge in [0.2, 0.25) is 10.0 Å². The lowest BCUT2D eigenvalue weighted by Gasteiger charge is -2.18. The summed E-state index contributed by atoms with van der Waals surface area (Å²) < 4.78 is 27.1. The topological polar surface area (TPSA) is 63.4 Å². The molecule has 21 heavy (non-hydrogen) atoms. The quantitative estimate of drug-likeness (QED) is 0.814. The molecule has 112 valence electrons. The predicted molar refractivity (Wildman–Crippen MR) is 88.7 cm³/mol. The summed E-state index contributed by atoms with van der Waals surface area (Å²) in [7, 11) is -2.13. The van der Waals surface area contributed by atoms with Crippen molar-refractivity contribution in [2.75, 3.05) is 12.8 Å². The molecule has 2 aromatic rings. The van der Waals surface area contributed by atoms with Crippen molar-refractivity contribution in [3.63, 3.8) is 0 Å². The summed E-state index contributed by atoms with van der Waals surface area (Å²) in [6.45, 7) is 0.245. The highest BCUT2D eigenvalue weighted by Crippen LogP contribution is 2.27. The minimum atomic E-state index is -3.65. The second-order valence-electron chi connectivity index (χ2n) is 4.58. The van der Waals surface area contributed by atoms with E-state index in [4.69, 9.17) is 17.3 Å². The molecule has 0 amide bonds. The molecule has 2 N–H and O–H groups in total. The summed E-state index contributed by atoms with van der Waals surface area (Å²) in [5, 5.41) is 0.188. The van der Waals surface area contributed by atoms with E-state index in [0.29, 0.717) is 5.69 Å². The molecule has 0 radical (unpaired) electrons. The molecule has 0 unspecified atom stereocenters. The van der Waals surface area contributed by atoms with Gasteiger partial charge in [-0.25, -0.2) is 8.42 Å². The van der Waals surface area contributed by atoms with E-state index in [9.17, 15) is 8.42 Å². The molecule has 0 spiro atoms. The molecule has 4 nitrogen and oxygen atoms in total. The fourth-order valence-corrected chi connectivity index (χ4v) is 3.98. The number of nitrogen functional groups attached to an aromatic ring is 1. The number of halogens is 2. The molecular weight excluding hydrogens is 376 g/mol. The maximum atomic E-state index is 12.5. The van der Waals surface area contributed by atoms with Gasteiger partial charge in [0.15, 0.2) is 0 Å². The van der Waals surface area contributed by atoms with Crippen molar-refractivity contribution in [1.82, 2.24) is 4.31 Å². The maximum absolute atomic E-state index is 12.5. The highest BCUT2D eigenvalue weighted by atomic mass is 79.9. The molecule has 0 bridgehead atoms. The van der Waals surface area contributed by atoms with Crippen LogP contribution in [0.5, 0.6) is 0 Å². The Morgan fingerprint density at radius 1 is 1.19 bits per heavy atom. The van der Waals surface area contributed by atoms with Crippen molar-refractivity contribution in [3.05, 3.63) is 57.5 Å². The zero-order chi connectivity index (χ0) is 15.6. The van der Waals surface area contributed by atoms with Crippen molar-refractivity contribution in [2.24, 2.45) is 0 Å². The van der Waals surface area contributed by atoms with Gasteiger partial charge in [0.25, 0.3) is 0 Å². The zero-order valence-corrected chi connectivity index (χ0v) is 14.4. The number of nitrogens with two attached hydrogens (primary N) is 1. The van der Waals surface area contributed by atoms with Crippen LogP contribution in [0.2, 0.25) is 5.02 Å². The number of nitrogens with zero attached hydrogens (tertiary/aromatic N) is 1. The van der Waals surface area contributed by atoms with Gasteiger partial charge in [-0.1, -0.05) is 39.7 Å². The molecule has 0 heterocycles. The Bertz CT molecular complexity index is 748. The molecule has 0 atom stereocenters. The summed E-state index contributed by atoms with van der Waals surface area (Å²) in [6.07, 6.45) is 0. The fourth-order valence-electron chi connectivity index (χ4n) is 1.82. The highest BCUT2D eigenvalue weighted by molar-refractivity contribution is 9.10. The number of anilines is 1. The van der Waals surface area contributed by atoms with Crippen LogP contribution in [0.15, 0.2) is 51.8 Å². The van der Waals surface area contributed by atoms with E-state index in [1.165, 1.54) is 17.4 Å². The second kappa shape index (κ2) is 6.36. The lowest BCUT2D eigenvalue weighted by molar-refractivity contribution is 0.467. The standard InChI is InChI=1S/C14H14BrClN2O2S/c1-18(9-10-2-5-12(17)6-3-10)21(19,20)14-7-4-11(15)8-13(14)16/h2-8H,9,17H2,1H3. The average molecular weight is 390 g/mol. The molecule has 0 saturated heterocycles. The summed E-state index contributed by atoms with van der Waals surface area (Å²) in [6, 6.07) is 11.8. The molecule has 0 aliphatic heterocycles. The van der Waals surface area contributed by atoms with Gasteiger partial charge in [0.05, 0.1) is 5.02 Å². The Labute approximate surface area is 137 Å². The zero-order valence-electron chi connectivity index (χ0n) is 11.3. The normalized spacial score (nSPS) is 11.8. The largest absolute Gasteiger partial charge is 0.399 e. The third-order valence-corrected chi connectivity index (χ3v) is 5.75. The van der Waals surface area contributed by atoms with Crippen LogP contribution in [0.3, 0.4) is 0 Å². The summed E-state index contributed by atoms with van der Waals surface area (Å²) >= 11 is 9.29. The van der Waals surface area contributed by atoms with Crippen molar-refractivity contribution in [3.8, 4) is 0 Å². The first-order chi connectivity index (χ1) is 9.80. The first-order valence-corrected chi connectivity index (χ1v) is 8.67. The van der Waals surface area contributed by atoms with Crippen molar-refractivity contribution < 1.29 is 8.42 Å². The number of hydrogen-bond donors (Lipinski definition) is 1. The summed E-state index contributed by atoms with van der Waals surface area (Å²) in [4.78, 5) is 0.0883. The van der Waals surface area contributed by atoms with E-state index < -0.39 is 10.0 Å². The summed E-state index contributed by atoms with van der Waals surface area (Å²) in [5.41, 5.74) is 7.10. The molecule has 0 aromatic heterocycles. The van der Waals surface area contributed by atoms with Gasteiger partial charge >= 0.3 is 0 Å². The molecule has 0 aliphatic carbocycles. The summed E-state index contributed by atoms with van der Waals surface area (Å²) in [5.74, 6) is 0. The molecule has 0 saturated carbocycles. The van der Waals surface area contributed by atoms with E-state index in [2.05, 4.69) is 15.9 Å². The van der Waals surface area contributed by atoms with Crippen LogP contribution in [-0.4, -0.2) is 19.8 Å². The fraction of sp³-hybridized carbons (Fsp3) is 0.143. The van der Waals surface area contributed by atoms with Gasteiger partial charge in [-0.05, 0) is 35.9 Å². The predicted octanol–water partition coefficient (Wildman–Crippen LogP) is 3.51. The van der Waals surface area contributed by atoms with E-state index >= 15 is 0 Å². The van der Waals surface area contributed by atoms with E-state index in [1.807, 2.05) is 0 Å². The second-order valence-corrected chi connectivity index (χ2v) is 7.91. The van der Waals surface area contributed by atoms with Crippen LogP contribution in [0.1, 0.15) is 5.56 Å². The third-order valence-electron chi connectivity index (χ3n) is 2.97. The highest BCUT2D eigenvalue weighted by Gasteiger charge is 2.23. The molecule has 0 fully saturated rings. The monoisotopic (exact) mass is 388 g/mol. The molecule has 0 aliphatic rings. The minimum absolute atomic E-state index is 0.0883. The van der Waals surface area contributed by atoms with Crippen LogP contribution in [0.25, 0.3) is 0 Å². The van der Waals surface area contributed by atoms with Crippen LogP contribution >= 0.6 is 27.5 Å². The molecule has 2 rings (SSSR count). The van der Waals surface area contributed by atoms with Crippen molar-refractivity contribution in [2.45, 2.75) is 11.4 Å². The van der Waals surface area contributed by atoms with Crippen LogP contribution in [0.4, 0.5) is 5.69 Å². The average Bonchev–Trinajstić information content (AvgIpc) is 2.40. The third kappa shape index (κ3) is 3.77. The Balaban J connectivity index is 2.28. The van der Waals surface area contributed by atoms with Gasteiger partial charge in [-0.15, -0.1) is 0 Å². The first-order valence-electron chi connectivity index (χ1n) is 6.06. The van der Waals surface area contributed by atoms with Crippen LogP contribution in [0, 0.1) is 0 Å². The van der Waals surface area contributed by atoms with E-state index in [0.717, 1.165) is 10.0 Å². The minimum Gasteiger partial charge on any atom is -0.399 e. The molecule has 2 aromatic carbocycles. The SMILES string of the molecule is CN(Cc1ccc(N)cc1)S(=O)(=O)c1ccc(Br)cc1Cl. The Morgan fingerprint density at radius 3 is 2.38 bits per heavy atom. The molecular formula is C14H14BrClN2O2S. The van der Waals surface area contributed by atoms with Gasteiger partial charge in [-0.2, -0.15) is 4.31 Å². The van der Waals surface area contributed by atoms with Gasteiger partial charge < -0.3 is 5.73 Å². The number of hydrogen-bond acceptors (Lipinski definition) is 3. The van der Waals surface area contributed by atoms with Crippen molar-refractivity contribution >= 4 is 43.2 Å². The van der Waals surface area contributed by atoms with Gasteiger partial charge in [-0.3, -0.25) is 0 Å². The smallest absolute Gasteiger partial charge is 0.244 e.